The summed E-state index contributed by atoms with van der Waals surface area (Å²) in [5.41, 5.74) is 2.14. The Balaban J connectivity index is 2.14. The molecule has 1 N–H and O–H groups in total. The molecule has 0 radical (unpaired) electrons. The van der Waals surface area contributed by atoms with Gasteiger partial charge in [-0.1, -0.05) is 0 Å². The molecular formula is C10H13NS. The van der Waals surface area contributed by atoms with Gasteiger partial charge in [0.15, 0.2) is 0 Å². The first kappa shape index (κ1) is 7.10. The first-order valence-electron chi connectivity index (χ1n) is 4.63. The SMILES string of the molecule is CC1NCC2(CC2)c2sccc21. The molecule has 1 aromatic heterocycles. The zero-order valence-electron chi connectivity index (χ0n) is 7.26. The summed E-state index contributed by atoms with van der Waals surface area (Å²) < 4.78 is 0. The van der Waals surface area contributed by atoms with E-state index < -0.39 is 0 Å². The van der Waals surface area contributed by atoms with E-state index in [1.165, 1.54) is 19.4 Å². The van der Waals surface area contributed by atoms with Gasteiger partial charge >= 0.3 is 0 Å². The van der Waals surface area contributed by atoms with Gasteiger partial charge in [0.05, 0.1) is 0 Å². The molecule has 2 heterocycles. The standard InChI is InChI=1S/C10H13NS/c1-7-8-2-5-12-9(8)10(3-4-10)6-11-7/h2,5,7,11H,3-4,6H2,1H3. The lowest BCUT2D eigenvalue weighted by Crippen LogP contribution is -2.34. The first-order valence-corrected chi connectivity index (χ1v) is 5.51. The summed E-state index contributed by atoms with van der Waals surface area (Å²) in [6.07, 6.45) is 2.81. The molecule has 3 rings (SSSR count). The van der Waals surface area contributed by atoms with E-state index >= 15 is 0 Å². The fourth-order valence-corrected chi connectivity index (χ4v) is 3.44. The molecule has 1 atom stereocenters. The molecule has 1 aromatic rings. The van der Waals surface area contributed by atoms with Gasteiger partial charge in [-0.15, -0.1) is 11.3 Å². The number of fused-ring (bicyclic) bond motifs is 2. The Morgan fingerprint density at radius 3 is 3.17 bits per heavy atom. The quantitative estimate of drug-likeness (QED) is 0.645. The molecule has 1 saturated carbocycles. The average molecular weight is 179 g/mol. The van der Waals surface area contributed by atoms with Gasteiger partial charge in [0.1, 0.15) is 0 Å². The van der Waals surface area contributed by atoms with Gasteiger partial charge in [0.25, 0.3) is 0 Å². The molecule has 1 fully saturated rings. The van der Waals surface area contributed by atoms with Crippen LogP contribution in [-0.2, 0) is 5.41 Å². The molecule has 0 amide bonds. The maximum absolute atomic E-state index is 3.58. The van der Waals surface area contributed by atoms with Crippen LogP contribution in [0.2, 0.25) is 0 Å². The van der Waals surface area contributed by atoms with Gasteiger partial charge < -0.3 is 5.32 Å². The molecule has 64 valence electrons. The van der Waals surface area contributed by atoms with Crippen molar-refractivity contribution in [1.82, 2.24) is 5.32 Å². The second kappa shape index (κ2) is 2.12. The Hall–Kier alpha value is -0.340. The first-order chi connectivity index (χ1) is 5.82. The van der Waals surface area contributed by atoms with Crippen LogP contribution in [-0.4, -0.2) is 6.54 Å². The van der Waals surface area contributed by atoms with E-state index in [9.17, 15) is 0 Å². The van der Waals surface area contributed by atoms with Crippen LogP contribution in [0.15, 0.2) is 11.4 Å². The van der Waals surface area contributed by atoms with E-state index in [0.29, 0.717) is 11.5 Å². The van der Waals surface area contributed by atoms with Crippen LogP contribution < -0.4 is 5.32 Å². The van der Waals surface area contributed by atoms with E-state index in [-0.39, 0.29) is 0 Å². The van der Waals surface area contributed by atoms with Crippen LogP contribution >= 0.6 is 11.3 Å². The van der Waals surface area contributed by atoms with E-state index in [1.54, 1.807) is 10.4 Å². The highest BCUT2D eigenvalue weighted by molar-refractivity contribution is 7.10. The summed E-state index contributed by atoms with van der Waals surface area (Å²) in [6.45, 7) is 3.47. The second-order valence-electron chi connectivity index (χ2n) is 4.09. The minimum atomic E-state index is 0.579. The summed E-state index contributed by atoms with van der Waals surface area (Å²) in [4.78, 5) is 1.67. The van der Waals surface area contributed by atoms with Crippen molar-refractivity contribution in [2.75, 3.05) is 6.54 Å². The molecule has 1 unspecified atom stereocenters. The minimum absolute atomic E-state index is 0.579. The van der Waals surface area contributed by atoms with Crippen molar-refractivity contribution in [2.45, 2.75) is 31.2 Å². The van der Waals surface area contributed by atoms with Crippen LogP contribution in [0, 0.1) is 0 Å². The summed E-state index contributed by atoms with van der Waals surface area (Å²) in [5.74, 6) is 0. The number of hydrogen-bond acceptors (Lipinski definition) is 2. The molecule has 1 aliphatic carbocycles. The average Bonchev–Trinajstić information content (AvgIpc) is 2.64. The van der Waals surface area contributed by atoms with E-state index in [2.05, 4.69) is 23.7 Å². The van der Waals surface area contributed by atoms with Gasteiger partial charge in [-0.25, -0.2) is 0 Å². The lowest BCUT2D eigenvalue weighted by atomic mass is 9.93. The van der Waals surface area contributed by atoms with Crippen LogP contribution in [0.25, 0.3) is 0 Å². The number of hydrogen-bond donors (Lipinski definition) is 1. The summed E-state index contributed by atoms with van der Waals surface area (Å²) in [6, 6.07) is 2.87. The third-order valence-corrected chi connectivity index (χ3v) is 4.42. The van der Waals surface area contributed by atoms with Crippen LogP contribution in [0.5, 0.6) is 0 Å². The third kappa shape index (κ3) is 0.771. The largest absolute Gasteiger partial charge is 0.309 e. The fraction of sp³-hybridized carbons (Fsp3) is 0.600. The summed E-state index contributed by atoms with van der Waals surface area (Å²) in [5, 5.41) is 5.83. The Bertz CT molecular complexity index is 311. The normalized spacial score (nSPS) is 30.2. The summed E-state index contributed by atoms with van der Waals surface area (Å²) >= 11 is 1.96. The fourth-order valence-electron chi connectivity index (χ4n) is 2.18. The maximum Gasteiger partial charge on any atom is 0.0303 e. The molecule has 0 saturated heterocycles. The number of rotatable bonds is 0. The number of nitrogens with one attached hydrogen (secondary N) is 1. The molecule has 1 aliphatic heterocycles. The topological polar surface area (TPSA) is 12.0 Å². The zero-order chi connectivity index (χ0) is 8.18. The Labute approximate surface area is 76.8 Å². The predicted octanol–water partition coefficient (Wildman–Crippen LogP) is 2.44. The molecular weight excluding hydrogens is 166 g/mol. The van der Waals surface area contributed by atoms with Crippen molar-refractivity contribution >= 4 is 11.3 Å². The Morgan fingerprint density at radius 2 is 2.42 bits per heavy atom. The monoisotopic (exact) mass is 179 g/mol. The molecule has 12 heavy (non-hydrogen) atoms. The van der Waals surface area contributed by atoms with Crippen LogP contribution in [0.4, 0.5) is 0 Å². The molecule has 1 spiro atoms. The van der Waals surface area contributed by atoms with Gasteiger partial charge in [-0.2, -0.15) is 0 Å². The Kier molecular flexibility index (Phi) is 1.25. The van der Waals surface area contributed by atoms with Crippen molar-refractivity contribution in [3.63, 3.8) is 0 Å². The Morgan fingerprint density at radius 1 is 1.58 bits per heavy atom. The highest BCUT2D eigenvalue weighted by atomic mass is 32.1. The molecule has 0 aromatic carbocycles. The van der Waals surface area contributed by atoms with E-state index in [1.807, 2.05) is 11.3 Å². The zero-order valence-corrected chi connectivity index (χ0v) is 8.08. The van der Waals surface area contributed by atoms with Gasteiger partial charge in [-0.05, 0) is 36.8 Å². The lowest BCUT2D eigenvalue weighted by molar-refractivity contribution is 0.474. The van der Waals surface area contributed by atoms with Crippen molar-refractivity contribution in [2.24, 2.45) is 0 Å². The highest BCUT2D eigenvalue weighted by Gasteiger charge is 2.48. The maximum atomic E-state index is 3.58. The molecule has 2 heteroatoms. The van der Waals surface area contributed by atoms with Gasteiger partial charge in [-0.3, -0.25) is 0 Å². The van der Waals surface area contributed by atoms with Crippen molar-refractivity contribution in [3.8, 4) is 0 Å². The van der Waals surface area contributed by atoms with Gasteiger partial charge in [0, 0.05) is 22.9 Å². The van der Waals surface area contributed by atoms with Crippen molar-refractivity contribution in [3.05, 3.63) is 21.9 Å². The van der Waals surface area contributed by atoms with Crippen LogP contribution in [0.3, 0.4) is 0 Å². The van der Waals surface area contributed by atoms with Crippen molar-refractivity contribution in [1.29, 1.82) is 0 Å². The van der Waals surface area contributed by atoms with Crippen LogP contribution in [0.1, 0.15) is 36.2 Å². The minimum Gasteiger partial charge on any atom is -0.309 e. The van der Waals surface area contributed by atoms with E-state index in [4.69, 9.17) is 0 Å². The molecule has 2 aliphatic rings. The third-order valence-electron chi connectivity index (χ3n) is 3.24. The summed E-state index contributed by atoms with van der Waals surface area (Å²) in [7, 11) is 0. The highest BCUT2D eigenvalue weighted by Crippen LogP contribution is 2.54. The smallest absolute Gasteiger partial charge is 0.0303 e. The van der Waals surface area contributed by atoms with E-state index in [0.717, 1.165) is 0 Å². The van der Waals surface area contributed by atoms with Crippen molar-refractivity contribution < 1.29 is 0 Å². The predicted molar refractivity (Wildman–Crippen MR) is 51.6 cm³/mol. The van der Waals surface area contributed by atoms with Gasteiger partial charge in [0.2, 0.25) is 0 Å². The molecule has 1 nitrogen and oxygen atoms in total. The number of thiophene rings is 1. The lowest BCUT2D eigenvalue weighted by Gasteiger charge is -2.27. The molecule has 0 bridgehead atoms. The second-order valence-corrected chi connectivity index (χ2v) is 5.00.